The van der Waals surface area contributed by atoms with Gasteiger partial charge < -0.3 is 20.1 Å². The first-order chi connectivity index (χ1) is 13.2. The number of carbonyl (C=O) groups is 1. The van der Waals surface area contributed by atoms with Gasteiger partial charge >= 0.3 is 5.97 Å². The normalized spacial score (nSPS) is 19.6. The molecule has 2 heterocycles. The number of aryl methyl sites for hydroxylation is 1. The van der Waals surface area contributed by atoms with Gasteiger partial charge in [-0.05, 0) is 43.7 Å². The number of aliphatic hydroxyl groups excluding tert-OH is 1. The topological polar surface area (TPSA) is 108 Å². The molecule has 0 spiro atoms. The van der Waals surface area contributed by atoms with E-state index in [9.17, 15) is 23.8 Å². The lowest BCUT2D eigenvalue weighted by atomic mass is 9.92. The number of anilines is 1. The fourth-order valence-corrected chi connectivity index (χ4v) is 5.14. The minimum Gasteiger partial charge on any atom is -0.478 e. The van der Waals surface area contributed by atoms with Crippen LogP contribution in [0.2, 0.25) is 0 Å². The Morgan fingerprint density at radius 2 is 2.14 bits per heavy atom. The lowest BCUT2D eigenvalue weighted by Crippen LogP contribution is -2.24. The summed E-state index contributed by atoms with van der Waals surface area (Å²) >= 11 is 1.12. The second-order valence-corrected chi connectivity index (χ2v) is 8.20. The van der Waals surface area contributed by atoms with Crippen LogP contribution in [-0.2, 0) is 17.6 Å². The first kappa shape index (κ1) is 19.0. The van der Waals surface area contributed by atoms with Gasteiger partial charge in [0.1, 0.15) is 11.2 Å². The van der Waals surface area contributed by atoms with Crippen LogP contribution < -0.4 is 5.32 Å². The van der Waals surface area contributed by atoms with Crippen LogP contribution in [0.3, 0.4) is 0 Å². The summed E-state index contributed by atoms with van der Waals surface area (Å²) in [5.74, 6) is -3.21. The van der Waals surface area contributed by atoms with E-state index < -0.39 is 18.1 Å². The van der Waals surface area contributed by atoms with Crippen LogP contribution in [0.5, 0.6) is 0 Å². The maximum Gasteiger partial charge on any atom is 0.331 e. The fourth-order valence-electron chi connectivity index (χ4n) is 3.80. The predicted molar refractivity (Wildman–Crippen MR) is 97.5 cm³/mol. The molecular weight excluding hydrogens is 392 g/mol. The molecule has 0 fully saturated rings. The Bertz CT molecular complexity index is 966. The summed E-state index contributed by atoms with van der Waals surface area (Å²) in [5, 5.41) is 27.1. The van der Waals surface area contributed by atoms with Crippen LogP contribution in [-0.4, -0.2) is 38.5 Å². The van der Waals surface area contributed by atoms with Crippen molar-refractivity contribution in [2.24, 2.45) is 0 Å². The van der Waals surface area contributed by atoms with Crippen LogP contribution in [0.1, 0.15) is 41.9 Å². The van der Waals surface area contributed by atoms with Crippen molar-refractivity contribution in [1.82, 2.24) is 10.1 Å². The van der Waals surface area contributed by atoms with Crippen LogP contribution in [0.15, 0.2) is 15.7 Å². The smallest absolute Gasteiger partial charge is 0.331 e. The van der Waals surface area contributed by atoms with Gasteiger partial charge in [-0.2, -0.15) is 4.98 Å². The van der Waals surface area contributed by atoms with Gasteiger partial charge in [-0.3, -0.25) is 0 Å². The first-order valence-corrected chi connectivity index (χ1v) is 9.79. The molecule has 0 saturated carbocycles. The number of thiophene rings is 1. The van der Waals surface area contributed by atoms with Gasteiger partial charge in [0.25, 0.3) is 11.8 Å². The van der Waals surface area contributed by atoms with Gasteiger partial charge in [0.2, 0.25) is 0 Å². The van der Waals surface area contributed by atoms with Gasteiger partial charge in [0.05, 0.1) is 5.56 Å². The van der Waals surface area contributed by atoms with Crippen molar-refractivity contribution in [2.75, 3.05) is 5.32 Å². The molecular formula is C18H19F2N3O4S. The minimum absolute atomic E-state index is 0.163. The van der Waals surface area contributed by atoms with Gasteiger partial charge in [-0.1, -0.05) is 5.16 Å². The van der Waals surface area contributed by atoms with Gasteiger partial charge in [0.15, 0.2) is 5.82 Å². The number of rotatable bonds is 5. The molecule has 2 aromatic heterocycles. The number of carboxylic acid groups (broad SMARTS) is 1. The van der Waals surface area contributed by atoms with E-state index in [1.165, 1.54) is 0 Å². The summed E-state index contributed by atoms with van der Waals surface area (Å²) in [4.78, 5) is 16.1. The first-order valence-electron chi connectivity index (χ1n) is 8.98. The lowest BCUT2D eigenvalue weighted by Gasteiger charge is -2.21. The zero-order valence-corrected chi connectivity index (χ0v) is 15.9. The molecule has 0 bridgehead atoms. The molecule has 1 atom stereocenters. The molecule has 1 unspecified atom stereocenters. The highest BCUT2D eigenvalue weighted by Gasteiger charge is 2.39. The molecule has 0 amide bonds. The van der Waals surface area contributed by atoms with E-state index in [-0.39, 0.29) is 30.7 Å². The number of fused-ring (bicyclic) bond motifs is 1. The molecule has 3 N–H and O–H groups in total. The third kappa shape index (κ3) is 3.42. The Balaban J connectivity index is 1.73. The SMILES string of the molecule is Cc1noc(-c2c(NC(O)C3=C(C(=O)O)CCC3)sc3c2CCC(F)(F)C3)n1. The van der Waals surface area contributed by atoms with E-state index in [4.69, 9.17) is 4.52 Å². The largest absolute Gasteiger partial charge is 0.478 e. The Kier molecular flexibility index (Phi) is 4.70. The van der Waals surface area contributed by atoms with E-state index in [0.717, 1.165) is 11.3 Å². The molecule has 150 valence electrons. The molecule has 0 aliphatic heterocycles. The number of hydrogen-bond acceptors (Lipinski definition) is 7. The molecule has 0 saturated heterocycles. The number of aromatic nitrogens is 2. The summed E-state index contributed by atoms with van der Waals surface area (Å²) < 4.78 is 33.0. The van der Waals surface area contributed by atoms with Crippen molar-refractivity contribution in [3.63, 3.8) is 0 Å². The molecule has 2 aliphatic rings. The standard InChI is InChI=1S/C18H19F2N3O4S/c1-8-21-15(27-23-8)13-11-5-6-18(19,20)7-12(11)28-16(13)22-14(24)9-3-2-4-10(9)17(25)26/h14,22,24H,2-7H2,1H3,(H,25,26). The van der Waals surface area contributed by atoms with Crippen molar-refractivity contribution >= 4 is 22.3 Å². The Hall–Kier alpha value is -2.33. The number of hydrogen-bond donors (Lipinski definition) is 3. The number of nitrogens with one attached hydrogen (secondary N) is 1. The molecule has 2 aromatic rings. The third-order valence-corrected chi connectivity index (χ3v) is 6.27. The van der Waals surface area contributed by atoms with E-state index in [1.54, 1.807) is 6.92 Å². The van der Waals surface area contributed by atoms with Crippen molar-refractivity contribution in [1.29, 1.82) is 0 Å². The maximum atomic E-state index is 13.9. The van der Waals surface area contributed by atoms with E-state index in [0.29, 0.717) is 51.7 Å². The molecule has 28 heavy (non-hydrogen) atoms. The number of nitrogens with zero attached hydrogens (tertiary/aromatic N) is 2. The highest BCUT2D eigenvalue weighted by atomic mass is 32.1. The number of aliphatic hydroxyl groups is 1. The van der Waals surface area contributed by atoms with Crippen LogP contribution in [0, 0.1) is 6.92 Å². The quantitative estimate of drug-likeness (QED) is 0.646. The Morgan fingerprint density at radius 1 is 1.36 bits per heavy atom. The Morgan fingerprint density at radius 3 is 2.82 bits per heavy atom. The van der Waals surface area contributed by atoms with Crippen molar-refractivity contribution < 1.29 is 28.3 Å². The third-order valence-electron chi connectivity index (χ3n) is 5.11. The number of carboxylic acids is 1. The molecule has 7 nitrogen and oxygen atoms in total. The molecule has 10 heteroatoms. The van der Waals surface area contributed by atoms with Crippen molar-refractivity contribution in [3.05, 3.63) is 27.4 Å². The summed E-state index contributed by atoms with van der Waals surface area (Å²) in [6.45, 7) is 1.66. The number of alkyl halides is 2. The summed E-state index contributed by atoms with van der Waals surface area (Å²) in [5.41, 5.74) is 1.85. The van der Waals surface area contributed by atoms with Gasteiger partial charge in [-0.15, -0.1) is 11.3 Å². The van der Waals surface area contributed by atoms with Crippen LogP contribution in [0.25, 0.3) is 11.5 Å². The number of aliphatic carboxylic acids is 1. The zero-order valence-electron chi connectivity index (χ0n) is 15.1. The van der Waals surface area contributed by atoms with E-state index in [1.807, 2.05) is 0 Å². The number of halogens is 2. The van der Waals surface area contributed by atoms with Gasteiger partial charge in [0, 0.05) is 23.3 Å². The fraction of sp³-hybridized carbons (Fsp3) is 0.500. The lowest BCUT2D eigenvalue weighted by molar-refractivity contribution is -0.132. The average molecular weight is 411 g/mol. The predicted octanol–water partition coefficient (Wildman–Crippen LogP) is 3.53. The molecule has 0 radical (unpaired) electrons. The average Bonchev–Trinajstić information content (AvgIpc) is 3.31. The highest BCUT2D eigenvalue weighted by Crippen LogP contribution is 2.47. The monoisotopic (exact) mass is 411 g/mol. The molecule has 2 aliphatic carbocycles. The van der Waals surface area contributed by atoms with Crippen molar-refractivity contribution in [3.8, 4) is 11.5 Å². The van der Waals surface area contributed by atoms with Crippen molar-refractivity contribution in [2.45, 2.75) is 57.6 Å². The van der Waals surface area contributed by atoms with Gasteiger partial charge in [-0.25, -0.2) is 13.6 Å². The Labute approximate surface area is 163 Å². The maximum absolute atomic E-state index is 13.9. The minimum atomic E-state index is -2.78. The summed E-state index contributed by atoms with van der Waals surface area (Å²) in [7, 11) is 0. The summed E-state index contributed by atoms with van der Waals surface area (Å²) in [6.07, 6.45) is -0.201. The molecule has 4 rings (SSSR count). The second-order valence-electron chi connectivity index (χ2n) is 7.10. The van der Waals surface area contributed by atoms with Crippen LogP contribution >= 0.6 is 11.3 Å². The van der Waals surface area contributed by atoms with Crippen LogP contribution in [0.4, 0.5) is 13.8 Å². The zero-order chi connectivity index (χ0) is 20.1. The highest BCUT2D eigenvalue weighted by molar-refractivity contribution is 7.17. The second kappa shape index (κ2) is 6.93. The summed E-state index contributed by atoms with van der Waals surface area (Å²) in [6, 6.07) is 0. The van der Waals surface area contributed by atoms with E-state index in [2.05, 4.69) is 15.5 Å². The van der Waals surface area contributed by atoms with E-state index >= 15 is 0 Å². The molecule has 0 aromatic carbocycles.